The molecule has 1 unspecified atom stereocenters. The minimum Gasteiger partial charge on any atom is -0.460 e. The first-order chi connectivity index (χ1) is 12.7. The highest BCUT2D eigenvalue weighted by atomic mass is 32.1. The van der Waals surface area contributed by atoms with Gasteiger partial charge in [0.2, 0.25) is 0 Å². The van der Waals surface area contributed by atoms with Crippen LogP contribution in [0.4, 0.5) is 5.69 Å². The van der Waals surface area contributed by atoms with Crippen LogP contribution in [0.3, 0.4) is 0 Å². The lowest BCUT2D eigenvalue weighted by Crippen LogP contribution is -2.31. The standard InChI is InChI=1S/C22H31NO2S/c1-4-11-17(12-5-2)19(6-3)25-22(24)21(20-15-10-16-26-20)23-18-13-8-7-9-14-18/h7-10,13-17,19,21,23H,4-6,11-12H2,1-3H3/t19-,21?/m0/s1. The molecular formula is C22H31NO2S. The third-order valence-electron chi connectivity index (χ3n) is 4.66. The fourth-order valence-electron chi connectivity index (χ4n) is 3.39. The minimum atomic E-state index is -0.463. The summed E-state index contributed by atoms with van der Waals surface area (Å²) < 4.78 is 6.03. The van der Waals surface area contributed by atoms with Gasteiger partial charge in [0.1, 0.15) is 6.10 Å². The third-order valence-corrected chi connectivity index (χ3v) is 5.60. The zero-order valence-corrected chi connectivity index (χ0v) is 16.9. The summed E-state index contributed by atoms with van der Waals surface area (Å²) in [5.41, 5.74) is 0.926. The van der Waals surface area contributed by atoms with Gasteiger partial charge in [0.25, 0.3) is 0 Å². The van der Waals surface area contributed by atoms with Crippen molar-refractivity contribution >= 4 is 23.0 Å². The summed E-state index contributed by atoms with van der Waals surface area (Å²) in [4.78, 5) is 14.0. The topological polar surface area (TPSA) is 38.3 Å². The summed E-state index contributed by atoms with van der Waals surface area (Å²) in [6.07, 6.45) is 5.30. The van der Waals surface area contributed by atoms with E-state index in [0.717, 1.165) is 42.7 Å². The fourth-order valence-corrected chi connectivity index (χ4v) is 4.15. The zero-order chi connectivity index (χ0) is 18.8. The Labute approximate surface area is 161 Å². The number of esters is 1. The van der Waals surface area contributed by atoms with Crippen molar-refractivity contribution in [3.05, 3.63) is 52.7 Å². The molecule has 0 aliphatic rings. The van der Waals surface area contributed by atoms with E-state index < -0.39 is 6.04 Å². The van der Waals surface area contributed by atoms with Crippen LogP contribution >= 0.6 is 11.3 Å². The van der Waals surface area contributed by atoms with Crippen molar-refractivity contribution in [1.29, 1.82) is 0 Å². The largest absolute Gasteiger partial charge is 0.460 e. The molecule has 2 aromatic rings. The summed E-state index contributed by atoms with van der Waals surface area (Å²) in [6.45, 7) is 6.51. The number of carbonyl (C=O) groups excluding carboxylic acids is 1. The molecule has 0 aliphatic carbocycles. The van der Waals surface area contributed by atoms with Crippen LogP contribution in [0.5, 0.6) is 0 Å². The van der Waals surface area contributed by atoms with E-state index in [2.05, 4.69) is 26.1 Å². The van der Waals surface area contributed by atoms with Gasteiger partial charge < -0.3 is 10.1 Å². The average molecular weight is 374 g/mol. The molecule has 142 valence electrons. The number of ether oxygens (including phenoxy) is 1. The van der Waals surface area contributed by atoms with Crippen molar-refractivity contribution in [1.82, 2.24) is 0 Å². The number of para-hydroxylation sites is 1. The summed E-state index contributed by atoms with van der Waals surface area (Å²) in [5.74, 6) is 0.264. The van der Waals surface area contributed by atoms with Gasteiger partial charge in [-0.25, -0.2) is 4.79 Å². The van der Waals surface area contributed by atoms with E-state index in [9.17, 15) is 4.79 Å². The smallest absolute Gasteiger partial charge is 0.334 e. The van der Waals surface area contributed by atoms with Crippen molar-refractivity contribution in [2.45, 2.75) is 65.0 Å². The van der Waals surface area contributed by atoms with Crippen LogP contribution in [0.25, 0.3) is 0 Å². The first kappa shape index (κ1) is 20.5. The van der Waals surface area contributed by atoms with E-state index in [1.807, 2.05) is 47.8 Å². The number of rotatable bonds is 11. The second-order valence-electron chi connectivity index (χ2n) is 6.68. The highest BCUT2D eigenvalue weighted by Crippen LogP contribution is 2.28. The van der Waals surface area contributed by atoms with Gasteiger partial charge in [-0.3, -0.25) is 0 Å². The Balaban J connectivity index is 2.14. The molecule has 2 atom stereocenters. The number of hydrogen-bond acceptors (Lipinski definition) is 4. The van der Waals surface area contributed by atoms with Crippen molar-refractivity contribution in [3.8, 4) is 0 Å². The van der Waals surface area contributed by atoms with Crippen molar-refractivity contribution in [2.75, 3.05) is 5.32 Å². The van der Waals surface area contributed by atoms with Crippen LogP contribution in [0.2, 0.25) is 0 Å². The van der Waals surface area contributed by atoms with Crippen molar-refractivity contribution in [3.63, 3.8) is 0 Å². The Bertz CT molecular complexity index is 621. The molecule has 4 heteroatoms. The van der Waals surface area contributed by atoms with Gasteiger partial charge in [-0.05, 0) is 48.8 Å². The second-order valence-corrected chi connectivity index (χ2v) is 7.66. The number of carbonyl (C=O) groups is 1. The molecular weight excluding hydrogens is 342 g/mol. The first-order valence-corrected chi connectivity index (χ1v) is 10.6. The van der Waals surface area contributed by atoms with Gasteiger partial charge in [-0.1, -0.05) is 57.9 Å². The summed E-state index contributed by atoms with van der Waals surface area (Å²) in [6, 6.07) is 13.3. The van der Waals surface area contributed by atoms with Crippen LogP contribution < -0.4 is 5.32 Å². The predicted molar refractivity (Wildman–Crippen MR) is 111 cm³/mol. The molecule has 0 spiro atoms. The molecule has 1 aromatic carbocycles. The first-order valence-electron chi connectivity index (χ1n) is 9.75. The van der Waals surface area contributed by atoms with Gasteiger partial charge in [-0.2, -0.15) is 0 Å². The molecule has 1 N–H and O–H groups in total. The van der Waals surface area contributed by atoms with Crippen LogP contribution in [-0.2, 0) is 9.53 Å². The zero-order valence-electron chi connectivity index (χ0n) is 16.1. The molecule has 26 heavy (non-hydrogen) atoms. The Kier molecular flexibility index (Phi) is 8.69. The van der Waals surface area contributed by atoms with E-state index in [1.165, 1.54) is 0 Å². The van der Waals surface area contributed by atoms with Gasteiger partial charge in [0.15, 0.2) is 6.04 Å². The third kappa shape index (κ3) is 5.87. The molecule has 0 bridgehead atoms. The summed E-state index contributed by atoms with van der Waals surface area (Å²) in [5, 5.41) is 5.35. The molecule has 0 fully saturated rings. The summed E-state index contributed by atoms with van der Waals surface area (Å²) in [7, 11) is 0. The monoisotopic (exact) mass is 373 g/mol. The predicted octanol–water partition coefficient (Wildman–Crippen LogP) is 6.44. The molecule has 0 saturated carbocycles. The van der Waals surface area contributed by atoms with Crippen molar-refractivity contribution in [2.24, 2.45) is 5.92 Å². The molecule has 1 heterocycles. The maximum absolute atomic E-state index is 13.1. The highest BCUT2D eigenvalue weighted by molar-refractivity contribution is 7.10. The normalized spacial score (nSPS) is 13.4. The number of benzene rings is 1. The second kappa shape index (κ2) is 11.0. The molecule has 0 radical (unpaired) electrons. The molecule has 0 amide bonds. The minimum absolute atomic E-state index is 0.0116. The summed E-state index contributed by atoms with van der Waals surface area (Å²) >= 11 is 1.58. The van der Waals surface area contributed by atoms with E-state index in [0.29, 0.717) is 5.92 Å². The van der Waals surface area contributed by atoms with Crippen LogP contribution in [0.1, 0.15) is 63.8 Å². The number of anilines is 1. The van der Waals surface area contributed by atoms with E-state index in [-0.39, 0.29) is 12.1 Å². The van der Waals surface area contributed by atoms with E-state index in [1.54, 1.807) is 11.3 Å². The maximum atomic E-state index is 13.1. The lowest BCUT2D eigenvalue weighted by molar-refractivity contribution is -0.153. The SMILES string of the molecule is CCCC(CCC)[C@H](CC)OC(=O)C(Nc1ccccc1)c1cccs1. The Morgan fingerprint density at radius 2 is 1.73 bits per heavy atom. The highest BCUT2D eigenvalue weighted by Gasteiger charge is 2.28. The lowest BCUT2D eigenvalue weighted by Gasteiger charge is -2.28. The molecule has 0 aliphatic heterocycles. The van der Waals surface area contributed by atoms with Gasteiger partial charge in [0.05, 0.1) is 0 Å². The number of hydrogen-bond donors (Lipinski definition) is 1. The van der Waals surface area contributed by atoms with E-state index >= 15 is 0 Å². The molecule has 2 rings (SSSR count). The Morgan fingerprint density at radius 3 is 2.27 bits per heavy atom. The molecule has 0 saturated heterocycles. The van der Waals surface area contributed by atoms with E-state index in [4.69, 9.17) is 4.74 Å². The van der Waals surface area contributed by atoms with Crippen LogP contribution in [0.15, 0.2) is 47.8 Å². The Hall–Kier alpha value is -1.81. The number of nitrogens with one attached hydrogen (secondary N) is 1. The average Bonchev–Trinajstić information content (AvgIpc) is 3.19. The van der Waals surface area contributed by atoms with Gasteiger partial charge in [0, 0.05) is 10.6 Å². The Morgan fingerprint density at radius 1 is 1.04 bits per heavy atom. The molecule has 1 aromatic heterocycles. The van der Waals surface area contributed by atoms with Crippen LogP contribution in [0, 0.1) is 5.92 Å². The molecule has 3 nitrogen and oxygen atoms in total. The lowest BCUT2D eigenvalue weighted by atomic mass is 9.91. The van der Waals surface area contributed by atoms with Crippen LogP contribution in [-0.4, -0.2) is 12.1 Å². The quantitative estimate of drug-likeness (QED) is 0.461. The van der Waals surface area contributed by atoms with Gasteiger partial charge >= 0.3 is 5.97 Å². The van der Waals surface area contributed by atoms with Crippen molar-refractivity contribution < 1.29 is 9.53 Å². The van der Waals surface area contributed by atoms with Gasteiger partial charge in [-0.15, -0.1) is 11.3 Å². The fraction of sp³-hybridized carbons (Fsp3) is 0.500. The number of thiophene rings is 1. The maximum Gasteiger partial charge on any atom is 0.334 e.